The monoisotopic (exact) mass is 214 g/mol. The van der Waals surface area contributed by atoms with Gasteiger partial charge >= 0.3 is 0 Å². The highest BCUT2D eigenvalue weighted by Crippen LogP contribution is 2.29. The van der Waals surface area contributed by atoms with E-state index in [-0.39, 0.29) is 0 Å². The lowest BCUT2D eigenvalue weighted by Gasteiger charge is -2.18. The molecule has 0 spiro atoms. The Balaban J connectivity index is 2.40. The molecule has 1 aromatic heterocycles. The molecule has 0 atom stereocenters. The zero-order valence-corrected chi connectivity index (χ0v) is 10.0. The lowest BCUT2D eigenvalue weighted by Crippen LogP contribution is -2.28. The van der Waals surface area contributed by atoms with Gasteiger partial charge in [-0.3, -0.25) is 0 Å². The molecule has 2 aromatic rings. The van der Waals surface area contributed by atoms with Crippen LogP contribution in [0.5, 0.6) is 0 Å². The number of aromatic nitrogens is 1. The van der Waals surface area contributed by atoms with Crippen molar-refractivity contribution < 1.29 is 0 Å². The number of aryl methyl sites for hydroxylation is 2. The molecule has 0 saturated heterocycles. The van der Waals surface area contributed by atoms with Crippen molar-refractivity contribution in [2.75, 3.05) is 6.54 Å². The summed E-state index contributed by atoms with van der Waals surface area (Å²) in [5.74, 6) is 0. The fourth-order valence-corrected chi connectivity index (χ4v) is 2.86. The Kier molecular flexibility index (Phi) is 2.25. The third kappa shape index (κ3) is 1.23. The number of benzene rings is 1. The van der Waals surface area contributed by atoms with E-state index >= 15 is 0 Å². The van der Waals surface area contributed by atoms with Crippen molar-refractivity contribution in [3.8, 4) is 0 Å². The second-order valence-electron chi connectivity index (χ2n) is 4.57. The van der Waals surface area contributed by atoms with Crippen LogP contribution in [0.4, 0.5) is 0 Å². The molecule has 1 aliphatic heterocycles. The molecule has 84 valence electrons. The van der Waals surface area contributed by atoms with E-state index < -0.39 is 0 Å². The van der Waals surface area contributed by atoms with Crippen LogP contribution in [0, 0.1) is 6.92 Å². The first-order chi connectivity index (χ1) is 7.83. The van der Waals surface area contributed by atoms with E-state index in [0.717, 1.165) is 26.1 Å². The second kappa shape index (κ2) is 3.63. The smallest absolute Gasteiger partial charge is 0.0518 e. The Morgan fingerprint density at radius 1 is 1.38 bits per heavy atom. The summed E-state index contributed by atoms with van der Waals surface area (Å²) in [5.41, 5.74) is 5.88. The first-order valence-corrected chi connectivity index (χ1v) is 6.13. The van der Waals surface area contributed by atoms with Gasteiger partial charge in [0.25, 0.3) is 0 Å². The summed E-state index contributed by atoms with van der Waals surface area (Å²) < 4.78 is 2.51. The van der Waals surface area contributed by atoms with Crippen molar-refractivity contribution in [2.24, 2.45) is 0 Å². The van der Waals surface area contributed by atoms with Crippen molar-refractivity contribution >= 4 is 10.9 Å². The number of nitrogens with one attached hydrogen (secondary N) is 1. The maximum Gasteiger partial charge on any atom is 0.0518 e. The quantitative estimate of drug-likeness (QED) is 0.772. The molecular weight excluding hydrogens is 196 g/mol. The number of nitrogens with zero attached hydrogens (tertiary/aromatic N) is 1. The van der Waals surface area contributed by atoms with Gasteiger partial charge < -0.3 is 9.88 Å². The molecule has 1 aliphatic rings. The molecule has 1 aromatic carbocycles. The van der Waals surface area contributed by atoms with Crippen LogP contribution in [0.3, 0.4) is 0 Å². The maximum atomic E-state index is 3.46. The third-order valence-corrected chi connectivity index (χ3v) is 3.74. The highest BCUT2D eigenvalue weighted by molar-refractivity contribution is 5.88. The van der Waals surface area contributed by atoms with Gasteiger partial charge in [0.05, 0.1) is 5.52 Å². The van der Waals surface area contributed by atoms with E-state index in [1.54, 1.807) is 0 Å². The molecule has 0 unspecified atom stereocenters. The van der Waals surface area contributed by atoms with Crippen LogP contribution in [0.2, 0.25) is 0 Å². The number of para-hydroxylation sites is 1. The van der Waals surface area contributed by atoms with E-state index in [2.05, 4.69) is 41.9 Å². The van der Waals surface area contributed by atoms with Gasteiger partial charge in [-0.25, -0.2) is 0 Å². The summed E-state index contributed by atoms with van der Waals surface area (Å²) in [6.45, 7) is 7.71. The normalized spacial score (nSPS) is 15.4. The van der Waals surface area contributed by atoms with Gasteiger partial charge in [-0.1, -0.05) is 25.1 Å². The van der Waals surface area contributed by atoms with Crippen molar-refractivity contribution in [1.29, 1.82) is 0 Å². The Bertz CT molecular complexity index is 537. The van der Waals surface area contributed by atoms with Crippen molar-refractivity contribution in [3.05, 3.63) is 35.0 Å². The topological polar surface area (TPSA) is 17.0 Å². The largest absolute Gasteiger partial charge is 0.342 e. The van der Waals surface area contributed by atoms with Gasteiger partial charge in [0.15, 0.2) is 0 Å². The summed E-state index contributed by atoms with van der Waals surface area (Å²) >= 11 is 0. The minimum atomic E-state index is 1.02. The molecule has 2 heteroatoms. The minimum absolute atomic E-state index is 1.02. The summed E-state index contributed by atoms with van der Waals surface area (Å²) in [4.78, 5) is 0. The Morgan fingerprint density at radius 3 is 3.06 bits per heavy atom. The third-order valence-electron chi connectivity index (χ3n) is 3.74. The van der Waals surface area contributed by atoms with Crippen LogP contribution in [-0.4, -0.2) is 11.1 Å². The van der Waals surface area contributed by atoms with E-state index in [0.29, 0.717) is 0 Å². The molecule has 0 saturated carbocycles. The number of hydrogen-bond acceptors (Lipinski definition) is 1. The molecule has 0 amide bonds. The average molecular weight is 214 g/mol. The molecule has 0 aliphatic carbocycles. The molecule has 2 nitrogen and oxygen atoms in total. The fourth-order valence-electron chi connectivity index (χ4n) is 2.86. The number of hydrogen-bond donors (Lipinski definition) is 1. The highest BCUT2D eigenvalue weighted by atomic mass is 15.1. The van der Waals surface area contributed by atoms with Gasteiger partial charge in [-0.15, -0.1) is 0 Å². The van der Waals surface area contributed by atoms with E-state index in [4.69, 9.17) is 0 Å². The molecule has 0 radical (unpaired) electrons. The fraction of sp³-hybridized carbons (Fsp3) is 0.429. The molecule has 1 N–H and O–H groups in total. The van der Waals surface area contributed by atoms with Crippen LogP contribution in [0.25, 0.3) is 10.9 Å². The van der Waals surface area contributed by atoms with Gasteiger partial charge in [0.1, 0.15) is 0 Å². The predicted octanol–water partition coefficient (Wildman–Crippen LogP) is 2.62. The summed E-state index contributed by atoms with van der Waals surface area (Å²) in [5, 5.41) is 4.90. The zero-order valence-electron chi connectivity index (χ0n) is 10.0. The highest BCUT2D eigenvalue weighted by Gasteiger charge is 2.17. The van der Waals surface area contributed by atoms with Crippen LogP contribution in [0.1, 0.15) is 23.7 Å². The molecule has 0 fully saturated rings. The molecule has 0 bridgehead atoms. The first-order valence-electron chi connectivity index (χ1n) is 6.13. The first kappa shape index (κ1) is 9.91. The van der Waals surface area contributed by atoms with Gasteiger partial charge in [-0.2, -0.15) is 0 Å². The summed E-state index contributed by atoms with van der Waals surface area (Å²) in [6, 6.07) is 6.71. The van der Waals surface area contributed by atoms with E-state index in [1.165, 1.54) is 27.7 Å². The Morgan fingerprint density at radius 2 is 2.25 bits per heavy atom. The van der Waals surface area contributed by atoms with Crippen LogP contribution in [0.15, 0.2) is 18.2 Å². The van der Waals surface area contributed by atoms with Crippen LogP contribution in [-0.2, 0) is 19.5 Å². The van der Waals surface area contributed by atoms with Crippen LogP contribution >= 0.6 is 0 Å². The van der Waals surface area contributed by atoms with Gasteiger partial charge in [-0.05, 0) is 24.5 Å². The summed E-state index contributed by atoms with van der Waals surface area (Å²) in [6.07, 6.45) is 1.12. The number of rotatable bonds is 1. The molecular formula is C14H18N2. The zero-order chi connectivity index (χ0) is 11.1. The standard InChI is InChI=1S/C14H18N2/c1-3-11-5-4-6-12-10(2)13-9-15-7-8-16(13)14(11)12/h4-6,15H,3,7-9H2,1-2H3. The molecule has 16 heavy (non-hydrogen) atoms. The lowest BCUT2D eigenvalue weighted by atomic mass is 10.1. The molecule has 2 heterocycles. The minimum Gasteiger partial charge on any atom is -0.342 e. The molecule has 3 rings (SSSR count). The van der Waals surface area contributed by atoms with Crippen molar-refractivity contribution in [3.63, 3.8) is 0 Å². The number of fused-ring (bicyclic) bond motifs is 3. The lowest BCUT2D eigenvalue weighted by molar-refractivity contribution is 0.524. The van der Waals surface area contributed by atoms with E-state index in [9.17, 15) is 0 Å². The van der Waals surface area contributed by atoms with Crippen LogP contribution < -0.4 is 5.32 Å². The Labute approximate surface area is 96.3 Å². The van der Waals surface area contributed by atoms with E-state index in [1.807, 2.05) is 0 Å². The van der Waals surface area contributed by atoms with Gasteiger partial charge in [0.2, 0.25) is 0 Å². The maximum absolute atomic E-state index is 3.46. The van der Waals surface area contributed by atoms with Crippen molar-refractivity contribution in [2.45, 2.75) is 33.4 Å². The predicted molar refractivity (Wildman–Crippen MR) is 67.8 cm³/mol. The van der Waals surface area contributed by atoms with Gasteiger partial charge in [0, 0.05) is 30.7 Å². The average Bonchev–Trinajstić information content (AvgIpc) is 2.64. The second-order valence-corrected chi connectivity index (χ2v) is 4.57. The van der Waals surface area contributed by atoms with Crippen molar-refractivity contribution in [1.82, 2.24) is 9.88 Å². The Hall–Kier alpha value is -1.28. The summed E-state index contributed by atoms with van der Waals surface area (Å²) in [7, 11) is 0. The SMILES string of the molecule is CCc1cccc2c(C)c3n(c12)CCNC3.